The molecule has 0 heterocycles. The quantitative estimate of drug-likeness (QED) is 0.570. The second kappa shape index (κ2) is 3.00. The first-order valence-electron chi connectivity index (χ1n) is 5.99. The summed E-state index contributed by atoms with van der Waals surface area (Å²) in [6, 6.07) is 0. The molecule has 0 N–H and O–H groups in total. The average Bonchev–Trinajstić information content (AvgIpc) is 2.23. The maximum Gasteiger partial charge on any atom is -0.0334 e. The average molecular weight is 180 g/mol. The molecule has 2 fully saturated rings. The van der Waals surface area contributed by atoms with E-state index in [2.05, 4.69) is 27.7 Å². The van der Waals surface area contributed by atoms with Gasteiger partial charge in [-0.15, -0.1) is 0 Å². The van der Waals surface area contributed by atoms with Crippen molar-refractivity contribution in [2.45, 2.75) is 53.4 Å². The summed E-state index contributed by atoms with van der Waals surface area (Å²) in [5.74, 6) is 4.11. The lowest BCUT2D eigenvalue weighted by atomic mass is 9.63. The first kappa shape index (κ1) is 9.55. The summed E-state index contributed by atoms with van der Waals surface area (Å²) in [5.41, 5.74) is 0.650. The van der Waals surface area contributed by atoms with Crippen LogP contribution in [-0.4, -0.2) is 0 Å². The topological polar surface area (TPSA) is 0 Å². The van der Waals surface area contributed by atoms with Crippen molar-refractivity contribution in [3.05, 3.63) is 0 Å². The van der Waals surface area contributed by atoms with E-state index in [9.17, 15) is 0 Å². The fourth-order valence-corrected chi connectivity index (χ4v) is 4.27. The van der Waals surface area contributed by atoms with Crippen LogP contribution in [0.5, 0.6) is 0 Å². The number of rotatable bonds is 1. The lowest BCUT2D eigenvalue weighted by molar-refractivity contribution is 0.0778. The van der Waals surface area contributed by atoms with Gasteiger partial charge >= 0.3 is 0 Å². The van der Waals surface area contributed by atoms with Gasteiger partial charge in [0.25, 0.3) is 0 Å². The predicted octanol–water partition coefficient (Wildman–Crippen LogP) is 4.10. The van der Waals surface area contributed by atoms with Crippen LogP contribution in [0.4, 0.5) is 0 Å². The van der Waals surface area contributed by atoms with E-state index in [4.69, 9.17) is 0 Å². The van der Waals surface area contributed by atoms with Crippen LogP contribution in [0.3, 0.4) is 0 Å². The van der Waals surface area contributed by atoms with Crippen molar-refractivity contribution >= 4 is 0 Å². The third-order valence-corrected chi connectivity index (χ3v) is 4.40. The van der Waals surface area contributed by atoms with Gasteiger partial charge < -0.3 is 0 Å². The summed E-state index contributed by atoms with van der Waals surface area (Å²) in [7, 11) is 0. The molecule has 2 atom stereocenters. The highest BCUT2D eigenvalue weighted by molar-refractivity contribution is 4.96. The maximum absolute atomic E-state index is 2.47. The van der Waals surface area contributed by atoms with Gasteiger partial charge in [-0.3, -0.25) is 0 Å². The summed E-state index contributed by atoms with van der Waals surface area (Å²) in [6.07, 6.45) is 6.03. The molecule has 0 heteroatoms. The molecule has 2 aliphatic carbocycles. The molecule has 0 aromatic heterocycles. The Bertz CT molecular complexity index is 174. The highest BCUT2D eigenvalue weighted by Gasteiger charge is 2.46. The van der Waals surface area contributed by atoms with E-state index in [0.29, 0.717) is 5.41 Å². The maximum atomic E-state index is 2.47. The van der Waals surface area contributed by atoms with Crippen LogP contribution in [-0.2, 0) is 0 Å². The molecule has 0 radical (unpaired) electrons. The SMILES string of the molecule is CC(C)C1C2CCC1CC(C)(C)C2. The zero-order chi connectivity index (χ0) is 9.64. The third-order valence-electron chi connectivity index (χ3n) is 4.40. The molecule has 0 saturated heterocycles. The second-order valence-corrected chi connectivity index (χ2v) is 6.49. The number of hydrogen-bond acceptors (Lipinski definition) is 0. The minimum atomic E-state index is 0.650. The van der Waals surface area contributed by atoms with Crippen molar-refractivity contribution in [1.29, 1.82) is 0 Å². The Hall–Kier alpha value is 0. The molecule has 13 heavy (non-hydrogen) atoms. The molecule has 2 unspecified atom stereocenters. The Labute approximate surface area is 83.1 Å². The molecular weight excluding hydrogens is 156 g/mol. The molecular formula is C13H24. The Kier molecular flexibility index (Phi) is 2.20. The van der Waals surface area contributed by atoms with Crippen molar-refractivity contribution < 1.29 is 0 Å². The van der Waals surface area contributed by atoms with E-state index < -0.39 is 0 Å². The van der Waals surface area contributed by atoms with Crippen LogP contribution in [0.15, 0.2) is 0 Å². The van der Waals surface area contributed by atoms with Crippen LogP contribution >= 0.6 is 0 Å². The minimum absolute atomic E-state index is 0.650. The van der Waals surface area contributed by atoms with E-state index >= 15 is 0 Å². The molecule has 0 aliphatic heterocycles. The molecule has 0 aromatic carbocycles. The number of hydrogen-bond donors (Lipinski definition) is 0. The van der Waals surface area contributed by atoms with Crippen molar-refractivity contribution in [1.82, 2.24) is 0 Å². The van der Waals surface area contributed by atoms with E-state index in [1.165, 1.54) is 25.7 Å². The summed E-state index contributed by atoms with van der Waals surface area (Å²) in [5, 5.41) is 0. The fraction of sp³-hybridized carbons (Fsp3) is 1.00. The van der Waals surface area contributed by atoms with E-state index in [1.54, 1.807) is 0 Å². The molecule has 2 rings (SSSR count). The number of fused-ring (bicyclic) bond motifs is 2. The first-order chi connectivity index (χ1) is 5.99. The van der Waals surface area contributed by atoms with Gasteiger partial charge in [0.15, 0.2) is 0 Å². The lowest BCUT2D eigenvalue weighted by Crippen LogP contribution is -2.33. The van der Waals surface area contributed by atoms with Gasteiger partial charge in [-0.05, 0) is 54.8 Å². The van der Waals surface area contributed by atoms with Gasteiger partial charge in [0.05, 0.1) is 0 Å². The molecule has 0 nitrogen and oxygen atoms in total. The molecule has 76 valence electrons. The standard InChI is InChI=1S/C13H24/c1-9(2)12-10-5-6-11(12)8-13(3,4)7-10/h9-12H,5-8H2,1-4H3. The van der Waals surface area contributed by atoms with Gasteiger partial charge in [-0.2, -0.15) is 0 Å². The summed E-state index contributed by atoms with van der Waals surface area (Å²) in [4.78, 5) is 0. The van der Waals surface area contributed by atoms with Crippen LogP contribution in [0, 0.1) is 29.1 Å². The normalized spacial score (nSPS) is 42.7. The Morgan fingerprint density at radius 2 is 1.46 bits per heavy atom. The largest absolute Gasteiger partial charge is 0.0625 e. The Balaban J connectivity index is 2.13. The first-order valence-corrected chi connectivity index (χ1v) is 5.99. The zero-order valence-corrected chi connectivity index (χ0v) is 9.64. The third kappa shape index (κ3) is 1.65. The van der Waals surface area contributed by atoms with Gasteiger partial charge in [0.1, 0.15) is 0 Å². The van der Waals surface area contributed by atoms with Crippen molar-refractivity contribution in [3.8, 4) is 0 Å². The molecule has 0 aromatic rings. The van der Waals surface area contributed by atoms with E-state index in [1.807, 2.05) is 0 Å². The predicted molar refractivity (Wildman–Crippen MR) is 57.6 cm³/mol. The van der Waals surface area contributed by atoms with Crippen LogP contribution in [0.25, 0.3) is 0 Å². The Morgan fingerprint density at radius 3 is 1.85 bits per heavy atom. The monoisotopic (exact) mass is 180 g/mol. The summed E-state index contributed by atoms with van der Waals surface area (Å²) in [6.45, 7) is 9.78. The minimum Gasteiger partial charge on any atom is -0.0625 e. The van der Waals surface area contributed by atoms with Crippen molar-refractivity contribution in [2.24, 2.45) is 29.1 Å². The zero-order valence-electron chi connectivity index (χ0n) is 9.64. The van der Waals surface area contributed by atoms with E-state index in [-0.39, 0.29) is 0 Å². The highest BCUT2D eigenvalue weighted by atomic mass is 14.5. The molecule has 2 aliphatic rings. The Morgan fingerprint density at radius 1 is 1.00 bits per heavy atom. The molecule has 2 saturated carbocycles. The van der Waals surface area contributed by atoms with Gasteiger partial charge in [-0.25, -0.2) is 0 Å². The van der Waals surface area contributed by atoms with Gasteiger partial charge in [-0.1, -0.05) is 27.7 Å². The highest BCUT2D eigenvalue weighted by Crippen LogP contribution is 2.55. The molecule has 0 amide bonds. The molecule has 0 spiro atoms. The van der Waals surface area contributed by atoms with Crippen LogP contribution < -0.4 is 0 Å². The molecule has 2 bridgehead atoms. The lowest BCUT2D eigenvalue weighted by Gasteiger charge is -2.42. The fourth-order valence-electron chi connectivity index (χ4n) is 4.27. The van der Waals surface area contributed by atoms with Crippen LogP contribution in [0.2, 0.25) is 0 Å². The van der Waals surface area contributed by atoms with Crippen LogP contribution in [0.1, 0.15) is 53.4 Å². The van der Waals surface area contributed by atoms with E-state index in [0.717, 1.165) is 23.7 Å². The summed E-state index contributed by atoms with van der Waals surface area (Å²) < 4.78 is 0. The summed E-state index contributed by atoms with van der Waals surface area (Å²) >= 11 is 0. The second-order valence-electron chi connectivity index (χ2n) is 6.49. The van der Waals surface area contributed by atoms with Gasteiger partial charge in [0.2, 0.25) is 0 Å². The van der Waals surface area contributed by atoms with Gasteiger partial charge in [0, 0.05) is 0 Å². The van der Waals surface area contributed by atoms with Crippen molar-refractivity contribution in [2.75, 3.05) is 0 Å². The smallest absolute Gasteiger partial charge is 0.0334 e. The van der Waals surface area contributed by atoms with Crippen molar-refractivity contribution in [3.63, 3.8) is 0 Å².